The van der Waals surface area contributed by atoms with Gasteiger partial charge >= 0.3 is 0 Å². The molecule has 0 bridgehead atoms. The van der Waals surface area contributed by atoms with Crippen LogP contribution >= 0.6 is 0 Å². The highest BCUT2D eigenvalue weighted by Gasteiger charge is 2.20. The lowest BCUT2D eigenvalue weighted by atomic mass is 10.1. The number of nitrogens with one attached hydrogen (secondary N) is 1. The van der Waals surface area contributed by atoms with Crippen LogP contribution in [0.2, 0.25) is 0 Å². The van der Waals surface area contributed by atoms with Crippen LogP contribution in [0.4, 0.5) is 0 Å². The molecule has 2 atom stereocenters. The molecule has 0 aliphatic carbocycles. The van der Waals surface area contributed by atoms with Crippen LogP contribution in [-0.2, 0) is 24.3 Å². The van der Waals surface area contributed by atoms with Crippen LogP contribution in [0.25, 0.3) is 0 Å². The Morgan fingerprint density at radius 1 is 1.36 bits per heavy atom. The highest BCUT2D eigenvalue weighted by atomic mass is 16.7. The molecule has 8 nitrogen and oxygen atoms in total. The van der Waals surface area contributed by atoms with E-state index in [2.05, 4.69) is 15.4 Å². The van der Waals surface area contributed by atoms with Crippen molar-refractivity contribution in [3.8, 4) is 11.5 Å². The van der Waals surface area contributed by atoms with E-state index in [1.165, 1.54) is 0 Å². The molecule has 4 rings (SSSR count). The molecule has 0 fully saturated rings. The molecule has 3 heterocycles. The number of aliphatic hydroxyl groups is 1. The number of ether oxygens (including phenoxy) is 3. The maximum absolute atomic E-state index is 10.1. The van der Waals surface area contributed by atoms with Gasteiger partial charge in [-0.25, -0.2) is 9.67 Å². The van der Waals surface area contributed by atoms with E-state index < -0.39 is 6.10 Å². The second-order valence-electron chi connectivity index (χ2n) is 6.36. The molecule has 2 aliphatic heterocycles. The number of fused-ring (bicyclic) bond motifs is 2. The minimum atomic E-state index is -0.550. The molecule has 2 N–H and O–H groups in total. The molecular formula is C17H22N4O4. The van der Waals surface area contributed by atoms with Gasteiger partial charge in [0.1, 0.15) is 12.2 Å². The second kappa shape index (κ2) is 7.38. The number of hydrogen-bond donors (Lipinski definition) is 2. The van der Waals surface area contributed by atoms with Gasteiger partial charge in [-0.15, -0.1) is 0 Å². The highest BCUT2D eigenvalue weighted by Crippen LogP contribution is 2.32. The summed E-state index contributed by atoms with van der Waals surface area (Å²) in [6.45, 7) is 2.26. The lowest BCUT2D eigenvalue weighted by Gasteiger charge is -2.24. The number of rotatable bonds is 7. The molecule has 1 aromatic carbocycles. The van der Waals surface area contributed by atoms with Crippen molar-refractivity contribution in [2.24, 2.45) is 0 Å². The quantitative estimate of drug-likeness (QED) is 0.754. The van der Waals surface area contributed by atoms with E-state index >= 15 is 0 Å². The first-order chi connectivity index (χ1) is 12.3. The Labute approximate surface area is 145 Å². The van der Waals surface area contributed by atoms with Crippen molar-refractivity contribution >= 4 is 0 Å². The Hall–Kier alpha value is -2.16. The second-order valence-corrected chi connectivity index (χ2v) is 6.36. The predicted octanol–water partition coefficient (Wildman–Crippen LogP) is 0.489. The zero-order valence-corrected chi connectivity index (χ0v) is 13.9. The predicted molar refractivity (Wildman–Crippen MR) is 88.4 cm³/mol. The average molecular weight is 346 g/mol. The van der Waals surface area contributed by atoms with E-state index in [0.29, 0.717) is 19.2 Å². The van der Waals surface area contributed by atoms with Crippen molar-refractivity contribution in [3.05, 3.63) is 35.9 Å². The standard InChI is InChI=1S/C17H22N4O4/c22-14(6-18-13-2-4-17-19-10-20-21(17)7-13)9-23-8-12-1-3-15-16(5-12)25-11-24-15/h1,3,5,10,13-14,18,22H,2,4,6-9,11H2/t13-,14+/m0/s1. The number of hydrogen-bond acceptors (Lipinski definition) is 7. The monoisotopic (exact) mass is 346 g/mol. The molecule has 25 heavy (non-hydrogen) atoms. The van der Waals surface area contributed by atoms with Crippen LogP contribution in [0, 0.1) is 0 Å². The van der Waals surface area contributed by atoms with Crippen molar-refractivity contribution < 1.29 is 19.3 Å². The fourth-order valence-corrected chi connectivity index (χ4v) is 3.11. The van der Waals surface area contributed by atoms with E-state index in [-0.39, 0.29) is 13.4 Å². The third-order valence-electron chi connectivity index (χ3n) is 4.46. The van der Waals surface area contributed by atoms with E-state index in [4.69, 9.17) is 14.2 Å². The van der Waals surface area contributed by atoms with E-state index in [9.17, 15) is 5.11 Å². The summed E-state index contributed by atoms with van der Waals surface area (Å²) in [5.74, 6) is 2.54. The van der Waals surface area contributed by atoms with Crippen LogP contribution in [0.5, 0.6) is 11.5 Å². The number of aryl methyl sites for hydroxylation is 1. The van der Waals surface area contributed by atoms with Crippen molar-refractivity contribution in [2.75, 3.05) is 19.9 Å². The van der Waals surface area contributed by atoms with Gasteiger partial charge in [0.15, 0.2) is 11.5 Å². The van der Waals surface area contributed by atoms with E-state index in [1.54, 1.807) is 6.33 Å². The fourth-order valence-electron chi connectivity index (χ4n) is 3.11. The summed E-state index contributed by atoms with van der Waals surface area (Å²) in [7, 11) is 0. The molecule has 0 radical (unpaired) electrons. The summed E-state index contributed by atoms with van der Waals surface area (Å²) in [4.78, 5) is 4.22. The number of nitrogens with zero attached hydrogens (tertiary/aromatic N) is 3. The summed E-state index contributed by atoms with van der Waals surface area (Å²) in [5, 5.41) is 17.7. The SMILES string of the molecule is O[C@H](CN[C@H]1CCc2ncnn2C1)COCc1ccc2c(c1)OCO2. The lowest BCUT2D eigenvalue weighted by Crippen LogP contribution is -2.42. The van der Waals surface area contributed by atoms with Gasteiger partial charge in [-0.1, -0.05) is 6.07 Å². The summed E-state index contributed by atoms with van der Waals surface area (Å²) in [5.41, 5.74) is 0.996. The number of benzene rings is 1. The number of aliphatic hydroxyl groups excluding tert-OH is 1. The van der Waals surface area contributed by atoms with Gasteiger partial charge < -0.3 is 24.6 Å². The Balaban J connectivity index is 1.17. The minimum Gasteiger partial charge on any atom is -0.454 e. The maximum Gasteiger partial charge on any atom is 0.231 e. The first-order valence-electron chi connectivity index (χ1n) is 8.52. The van der Waals surface area contributed by atoms with Gasteiger partial charge in [-0.05, 0) is 24.1 Å². The van der Waals surface area contributed by atoms with Crippen molar-refractivity contribution in [2.45, 2.75) is 38.1 Å². The minimum absolute atomic E-state index is 0.265. The largest absolute Gasteiger partial charge is 0.454 e. The van der Waals surface area contributed by atoms with Crippen molar-refractivity contribution in [1.29, 1.82) is 0 Å². The third-order valence-corrected chi connectivity index (χ3v) is 4.46. The summed E-state index contributed by atoms with van der Waals surface area (Å²) < 4.78 is 18.2. The van der Waals surface area contributed by atoms with Crippen LogP contribution < -0.4 is 14.8 Å². The normalized spacial score (nSPS) is 19.6. The molecule has 2 aromatic rings. The molecule has 134 valence electrons. The Morgan fingerprint density at radius 3 is 3.24 bits per heavy atom. The van der Waals surface area contributed by atoms with Gasteiger partial charge in [-0.3, -0.25) is 0 Å². The first-order valence-corrected chi connectivity index (χ1v) is 8.52. The molecule has 0 saturated carbocycles. The molecule has 0 saturated heterocycles. The van der Waals surface area contributed by atoms with Crippen LogP contribution in [0.3, 0.4) is 0 Å². The topological polar surface area (TPSA) is 90.7 Å². The lowest BCUT2D eigenvalue weighted by molar-refractivity contribution is 0.0269. The molecule has 2 aliphatic rings. The van der Waals surface area contributed by atoms with Crippen molar-refractivity contribution in [3.63, 3.8) is 0 Å². The zero-order valence-electron chi connectivity index (χ0n) is 13.9. The van der Waals surface area contributed by atoms with Gasteiger partial charge in [0.2, 0.25) is 6.79 Å². The van der Waals surface area contributed by atoms with Gasteiger partial charge in [0.25, 0.3) is 0 Å². The van der Waals surface area contributed by atoms with Gasteiger partial charge in [0, 0.05) is 19.0 Å². The molecular weight excluding hydrogens is 324 g/mol. The molecule has 8 heteroatoms. The average Bonchev–Trinajstić information content (AvgIpc) is 3.28. The molecule has 0 amide bonds. The summed E-state index contributed by atoms with van der Waals surface area (Å²) in [6, 6.07) is 6.03. The summed E-state index contributed by atoms with van der Waals surface area (Å²) in [6.07, 6.45) is 2.96. The third kappa shape index (κ3) is 3.92. The van der Waals surface area contributed by atoms with Crippen LogP contribution in [-0.4, -0.2) is 52.0 Å². The smallest absolute Gasteiger partial charge is 0.231 e. The Kier molecular flexibility index (Phi) is 4.82. The highest BCUT2D eigenvalue weighted by molar-refractivity contribution is 5.44. The van der Waals surface area contributed by atoms with Gasteiger partial charge in [-0.2, -0.15) is 5.10 Å². The number of aromatic nitrogens is 3. The summed E-state index contributed by atoms with van der Waals surface area (Å²) >= 11 is 0. The molecule has 0 unspecified atom stereocenters. The van der Waals surface area contributed by atoms with Crippen LogP contribution in [0.1, 0.15) is 17.8 Å². The Bertz CT molecular complexity index is 720. The van der Waals surface area contributed by atoms with Gasteiger partial charge in [0.05, 0.1) is 25.9 Å². The van der Waals surface area contributed by atoms with Crippen molar-refractivity contribution in [1.82, 2.24) is 20.1 Å². The van der Waals surface area contributed by atoms with Crippen LogP contribution in [0.15, 0.2) is 24.5 Å². The zero-order chi connectivity index (χ0) is 17.1. The fraction of sp³-hybridized carbons (Fsp3) is 0.529. The first kappa shape index (κ1) is 16.3. The van der Waals surface area contributed by atoms with E-state index in [1.807, 2.05) is 22.9 Å². The maximum atomic E-state index is 10.1. The van der Waals surface area contributed by atoms with E-state index in [0.717, 1.165) is 42.3 Å². The molecule has 1 aromatic heterocycles. The Morgan fingerprint density at radius 2 is 2.28 bits per heavy atom. The molecule has 0 spiro atoms.